The first-order valence-corrected chi connectivity index (χ1v) is 11.9. The number of hydrogen-bond donors (Lipinski definition) is 1. The van der Waals surface area contributed by atoms with Crippen LogP contribution in [0.25, 0.3) is 0 Å². The summed E-state index contributed by atoms with van der Waals surface area (Å²) in [4.78, 5) is 0. The minimum absolute atomic E-state index is 0.0482. The average Bonchev–Trinajstić information content (AvgIpc) is 2.77. The molecule has 0 aliphatic heterocycles. The van der Waals surface area contributed by atoms with Crippen molar-refractivity contribution in [1.29, 1.82) is 0 Å². The molecule has 3 heteroatoms. The molecule has 1 N–H and O–H groups in total. The van der Waals surface area contributed by atoms with Gasteiger partial charge in [0, 0.05) is 17.3 Å². The van der Waals surface area contributed by atoms with Gasteiger partial charge in [0.05, 0.1) is 5.78 Å². The van der Waals surface area contributed by atoms with Gasteiger partial charge in [-0.2, -0.15) is 0 Å². The maximum atomic E-state index is 14.3. The second kappa shape index (κ2) is 9.75. The van der Waals surface area contributed by atoms with Gasteiger partial charge in [-0.1, -0.05) is 98.6 Å². The molecular weight excluding hydrogens is 373 g/mol. The minimum Gasteiger partial charge on any atom is -0.308 e. The zero-order chi connectivity index (χ0) is 20.7. The van der Waals surface area contributed by atoms with Crippen LogP contribution in [0.2, 0.25) is 0 Å². The molecule has 148 valence electrons. The molecule has 0 aliphatic carbocycles. The molecule has 0 amide bonds. The van der Waals surface area contributed by atoms with E-state index in [1.807, 2.05) is 92.7 Å². The first-order chi connectivity index (χ1) is 14.0. The molecule has 3 unspecified atom stereocenters. The molecule has 0 heterocycles. The molecule has 0 aliphatic rings. The van der Waals surface area contributed by atoms with Crippen molar-refractivity contribution in [1.82, 2.24) is 5.32 Å². The predicted molar refractivity (Wildman–Crippen MR) is 123 cm³/mol. The second-order valence-electron chi connectivity index (χ2n) is 7.52. The van der Waals surface area contributed by atoms with Crippen LogP contribution in [0, 0.1) is 11.6 Å². The van der Waals surface area contributed by atoms with Crippen LogP contribution in [0.1, 0.15) is 49.3 Å². The van der Waals surface area contributed by atoms with Crippen LogP contribution in [0.15, 0.2) is 91.0 Å². The van der Waals surface area contributed by atoms with E-state index in [1.54, 1.807) is 0 Å². The van der Waals surface area contributed by atoms with E-state index in [-0.39, 0.29) is 17.5 Å². The van der Waals surface area contributed by atoms with Gasteiger partial charge in [-0.25, -0.2) is 0 Å². The lowest BCUT2D eigenvalue weighted by molar-refractivity contribution is 0.513. The summed E-state index contributed by atoms with van der Waals surface area (Å²) in [6, 6.07) is 30.1. The molecule has 0 spiro atoms. The Morgan fingerprint density at radius 1 is 0.724 bits per heavy atom. The molecular formula is C26H28NOP. The highest BCUT2D eigenvalue weighted by molar-refractivity contribution is 7.69. The van der Waals surface area contributed by atoms with Gasteiger partial charge in [0.1, 0.15) is 0 Å². The standard InChI is InChI=1S/C26H28NOP/c1-21(2)29(28,20-19-23-13-7-4-8-14-23)26(25-17-11-6-12-18-25)27-22(3)24-15-9-5-10-16-24/h4-18,21-22,26-27H,1-3H3. The summed E-state index contributed by atoms with van der Waals surface area (Å²) in [6.45, 7) is 6.12. The Hall–Kier alpha value is -2.59. The largest absolute Gasteiger partial charge is 0.308 e. The molecule has 0 fully saturated rings. The van der Waals surface area contributed by atoms with Crippen molar-refractivity contribution >= 4 is 7.14 Å². The number of rotatable bonds is 6. The highest BCUT2D eigenvalue weighted by Gasteiger charge is 2.36. The molecule has 0 saturated heterocycles. The van der Waals surface area contributed by atoms with Gasteiger partial charge in [-0.3, -0.25) is 5.32 Å². The SMILES string of the molecule is CC(NC(c1ccccc1)P(=O)(C#Cc1ccccc1)C(C)C)c1ccccc1. The molecule has 0 radical (unpaired) electrons. The quantitative estimate of drug-likeness (QED) is 0.363. The Morgan fingerprint density at radius 2 is 1.21 bits per heavy atom. The van der Waals surface area contributed by atoms with Gasteiger partial charge < -0.3 is 4.57 Å². The van der Waals surface area contributed by atoms with Crippen LogP contribution in [0.4, 0.5) is 0 Å². The van der Waals surface area contributed by atoms with Crippen molar-refractivity contribution < 1.29 is 4.57 Å². The molecule has 3 aromatic carbocycles. The fourth-order valence-corrected chi connectivity index (χ4v) is 5.65. The Morgan fingerprint density at radius 3 is 1.72 bits per heavy atom. The topological polar surface area (TPSA) is 29.1 Å². The van der Waals surface area contributed by atoms with E-state index in [2.05, 4.69) is 36.0 Å². The number of benzene rings is 3. The van der Waals surface area contributed by atoms with Gasteiger partial charge in [-0.05, 0) is 35.8 Å². The van der Waals surface area contributed by atoms with Crippen LogP contribution >= 0.6 is 7.14 Å². The van der Waals surface area contributed by atoms with Crippen molar-refractivity contribution in [3.63, 3.8) is 0 Å². The lowest BCUT2D eigenvalue weighted by Gasteiger charge is -2.31. The van der Waals surface area contributed by atoms with Crippen LogP contribution in [-0.2, 0) is 4.57 Å². The molecule has 0 bridgehead atoms. The highest BCUT2D eigenvalue weighted by Crippen LogP contribution is 2.61. The van der Waals surface area contributed by atoms with Crippen molar-refractivity contribution in [2.45, 2.75) is 38.3 Å². The van der Waals surface area contributed by atoms with Crippen molar-refractivity contribution in [2.24, 2.45) is 0 Å². The summed E-state index contributed by atoms with van der Waals surface area (Å²) >= 11 is 0. The lowest BCUT2D eigenvalue weighted by Crippen LogP contribution is -2.26. The maximum Gasteiger partial charge on any atom is 0.177 e. The monoisotopic (exact) mass is 401 g/mol. The maximum absolute atomic E-state index is 14.3. The summed E-state index contributed by atoms with van der Waals surface area (Å²) in [5, 5.41) is 3.64. The summed E-state index contributed by atoms with van der Waals surface area (Å²) in [7, 11) is -2.94. The Bertz CT molecular complexity index is 1000. The smallest absolute Gasteiger partial charge is 0.177 e. The predicted octanol–water partition coefficient (Wildman–Crippen LogP) is 6.82. The minimum atomic E-state index is -2.94. The van der Waals surface area contributed by atoms with Crippen LogP contribution < -0.4 is 5.32 Å². The fourth-order valence-electron chi connectivity index (χ4n) is 3.30. The molecule has 2 nitrogen and oxygen atoms in total. The molecule has 3 rings (SSSR count). The van der Waals surface area contributed by atoms with E-state index < -0.39 is 7.14 Å². The average molecular weight is 401 g/mol. The summed E-state index contributed by atoms with van der Waals surface area (Å²) in [5.41, 5.74) is 6.20. The van der Waals surface area contributed by atoms with Gasteiger partial charge >= 0.3 is 0 Å². The molecule has 3 atom stereocenters. The zero-order valence-electron chi connectivity index (χ0n) is 17.2. The molecule has 29 heavy (non-hydrogen) atoms. The zero-order valence-corrected chi connectivity index (χ0v) is 18.1. The van der Waals surface area contributed by atoms with Crippen molar-refractivity contribution in [3.8, 4) is 11.6 Å². The van der Waals surface area contributed by atoms with E-state index in [0.717, 1.165) is 11.1 Å². The van der Waals surface area contributed by atoms with Gasteiger partial charge in [0.15, 0.2) is 7.14 Å². The Balaban J connectivity index is 2.03. The van der Waals surface area contributed by atoms with Gasteiger partial charge in [-0.15, -0.1) is 0 Å². The third kappa shape index (κ3) is 5.27. The van der Waals surface area contributed by atoms with E-state index in [1.165, 1.54) is 5.56 Å². The van der Waals surface area contributed by atoms with E-state index in [9.17, 15) is 4.57 Å². The van der Waals surface area contributed by atoms with Crippen LogP contribution in [0.3, 0.4) is 0 Å². The molecule has 0 saturated carbocycles. The number of nitrogens with one attached hydrogen (secondary N) is 1. The van der Waals surface area contributed by atoms with E-state index >= 15 is 0 Å². The number of hydrogen-bond acceptors (Lipinski definition) is 2. The third-order valence-corrected chi connectivity index (χ3v) is 8.33. The highest BCUT2D eigenvalue weighted by atomic mass is 31.2. The second-order valence-corrected chi connectivity index (χ2v) is 10.7. The van der Waals surface area contributed by atoms with E-state index in [0.29, 0.717) is 0 Å². The summed E-state index contributed by atoms with van der Waals surface area (Å²) in [5.74, 6) is 2.84. The van der Waals surface area contributed by atoms with Gasteiger partial charge in [0.2, 0.25) is 0 Å². The third-order valence-electron chi connectivity index (χ3n) is 5.12. The fraction of sp³-hybridized carbons (Fsp3) is 0.231. The molecule has 0 aromatic heterocycles. The molecule has 3 aromatic rings. The lowest BCUT2D eigenvalue weighted by atomic mass is 10.1. The summed E-state index contributed by atoms with van der Waals surface area (Å²) < 4.78 is 14.3. The van der Waals surface area contributed by atoms with Crippen LogP contribution in [0.5, 0.6) is 0 Å². The van der Waals surface area contributed by atoms with Gasteiger partial charge in [0.25, 0.3) is 0 Å². The Labute approximate surface area is 174 Å². The van der Waals surface area contributed by atoms with Crippen molar-refractivity contribution in [3.05, 3.63) is 108 Å². The first-order valence-electron chi connectivity index (χ1n) is 10.0. The normalized spacial score (nSPS) is 15.0. The Kier molecular flexibility index (Phi) is 7.10. The van der Waals surface area contributed by atoms with E-state index in [4.69, 9.17) is 0 Å². The van der Waals surface area contributed by atoms with Crippen LogP contribution in [-0.4, -0.2) is 5.66 Å². The summed E-state index contributed by atoms with van der Waals surface area (Å²) in [6.07, 6.45) is 0. The van der Waals surface area contributed by atoms with Crippen molar-refractivity contribution in [2.75, 3.05) is 0 Å². The first kappa shape index (κ1) is 21.1.